The molecular formula is C14H17ClN2O2S2. The average molecular weight is 345 g/mol. The Morgan fingerprint density at radius 2 is 2.05 bits per heavy atom. The normalized spacial score (nSPS) is 12.0. The van der Waals surface area contributed by atoms with Crippen molar-refractivity contribution in [3.63, 3.8) is 0 Å². The van der Waals surface area contributed by atoms with E-state index in [0.717, 1.165) is 10.4 Å². The molecule has 1 N–H and O–H groups in total. The maximum atomic E-state index is 12.6. The second-order valence-electron chi connectivity index (χ2n) is 4.64. The summed E-state index contributed by atoms with van der Waals surface area (Å²) in [6.07, 6.45) is 0. The van der Waals surface area contributed by atoms with Gasteiger partial charge in [-0.1, -0.05) is 23.7 Å². The van der Waals surface area contributed by atoms with Gasteiger partial charge in [0, 0.05) is 25.0 Å². The van der Waals surface area contributed by atoms with Gasteiger partial charge in [0.15, 0.2) is 0 Å². The summed E-state index contributed by atoms with van der Waals surface area (Å²) in [7, 11) is -0.0953. The van der Waals surface area contributed by atoms with Gasteiger partial charge in [-0.15, -0.1) is 11.3 Å². The molecule has 0 spiro atoms. The Morgan fingerprint density at radius 1 is 1.29 bits per heavy atom. The first-order valence-corrected chi connectivity index (χ1v) is 9.01. The third-order valence-corrected chi connectivity index (χ3v) is 6.01. The van der Waals surface area contributed by atoms with Crippen LogP contribution in [-0.4, -0.2) is 26.8 Å². The molecule has 0 unspecified atom stereocenters. The van der Waals surface area contributed by atoms with Crippen LogP contribution in [0.2, 0.25) is 4.34 Å². The van der Waals surface area contributed by atoms with Crippen LogP contribution in [0.4, 0.5) is 0 Å². The van der Waals surface area contributed by atoms with E-state index in [1.165, 1.54) is 15.6 Å². The number of nitrogens with zero attached hydrogens (tertiary/aromatic N) is 1. The van der Waals surface area contributed by atoms with Gasteiger partial charge in [-0.2, -0.15) is 4.31 Å². The molecule has 1 heterocycles. The van der Waals surface area contributed by atoms with Gasteiger partial charge in [0.1, 0.15) is 0 Å². The van der Waals surface area contributed by atoms with Crippen LogP contribution in [0.3, 0.4) is 0 Å². The van der Waals surface area contributed by atoms with Gasteiger partial charge in [-0.25, -0.2) is 8.42 Å². The van der Waals surface area contributed by atoms with E-state index in [9.17, 15) is 8.42 Å². The lowest BCUT2D eigenvalue weighted by molar-refractivity contribution is 0.469. The Balaban J connectivity index is 2.22. The predicted octanol–water partition coefficient (Wildman–Crippen LogP) is 2.94. The molecule has 0 radical (unpaired) electrons. The van der Waals surface area contributed by atoms with Crippen LogP contribution in [-0.2, 0) is 23.1 Å². The molecule has 4 nitrogen and oxygen atoms in total. The molecule has 0 atom stereocenters. The zero-order valence-electron chi connectivity index (χ0n) is 11.8. The summed E-state index contributed by atoms with van der Waals surface area (Å²) in [6.45, 7) is 0.948. The Morgan fingerprint density at radius 3 is 2.67 bits per heavy atom. The van der Waals surface area contributed by atoms with Gasteiger partial charge in [0.05, 0.1) is 9.23 Å². The fraction of sp³-hybridized carbons (Fsp3) is 0.286. The first-order chi connectivity index (χ1) is 9.93. The molecule has 0 amide bonds. The Bertz CT molecular complexity index is 713. The molecule has 0 aliphatic rings. The highest BCUT2D eigenvalue weighted by atomic mass is 35.5. The molecule has 0 saturated carbocycles. The molecule has 0 aliphatic heterocycles. The van der Waals surface area contributed by atoms with E-state index < -0.39 is 10.0 Å². The van der Waals surface area contributed by atoms with Crippen molar-refractivity contribution in [2.45, 2.75) is 18.0 Å². The van der Waals surface area contributed by atoms with Crippen LogP contribution in [0.15, 0.2) is 41.3 Å². The van der Waals surface area contributed by atoms with Gasteiger partial charge in [-0.3, -0.25) is 0 Å². The lowest BCUT2D eigenvalue weighted by atomic mass is 10.2. The molecule has 0 fully saturated rings. The summed E-state index contributed by atoms with van der Waals surface area (Å²) in [5.74, 6) is 0. The maximum Gasteiger partial charge on any atom is 0.243 e. The third kappa shape index (κ3) is 4.05. The SMILES string of the molecule is CNCc1cccc(S(=O)(=O)N(C)Cc2ccc(Cl)s2)c1. The van der Waals surface area contributed by atoms with Crippen molar-refractivity contribution >= 4 is 33.0 Å². The highest BCUT2D eigenvalue weighted by Crippen LogP contribution is 2.24. The first kappa shape index (κ1) is 16.5. The smallest absolute Gasteiger partial charge is 0.243 e. The van der Waals surface area contributed by atoms with Gasteiger partial charge in [0.2, 0.25) is 10.0 Å². The number of thiophene rings is 1. The van der Waals surface area contributed by atoms with Crippen molar-refractivity contribution in [1.29, 1.82) is 0 Å². The minimum absolute atomic E-state index is 0.306. The maximum absolute atomic E-state index is 12.6. The zero-order chi connectivity index (χ0) is 15.5. The monoisotopic (exact) mass is 344 g/mol. The summed E-state index contributed by atoms with van der Waals surface area (Å²) in [5.41, 5.74) is 0.936. The molecule has 0 bridgehead atoms. The van der Waals surface area contributed by atoms with Crippen molar-refractivity contribution < 1.29 is 8.42 Å². The molecule has 1 aromatic carbocycles. The molecule has 0 saturated heterocycles. The van der Waals surface area contributed by atoms with E-state index in [1.54, 1.807) is 31.3 Å². The quantitative estimate of drug-likeness (QED) is 0.876. The number of benzene rings is 1. The molecule has 7 heteroatoms. The standard InChI is InChI=1S/C14H17ClN2O2S2/c1-16-9-11-4-3-5-13(8-11)21(18,19)17(2)10-12-6-7-14(15)20-12/h3-8,16H,9-10H2,1-2H3. The van der Waals surface area contributed by atoms with Crippen molar-refractivity contribution in [2.24, 2.45) is 0 Å². The van der Waals surface area contributed by atoms with Crippen LogP contribution < -0.4 is 5.32 Å². The second-order valence-corrected chi connectivity index (χ2v) is 8.49. The summed E-state index contributed by atoms with van der Waals surface area (Å²) in [4.78, 5) is 1.22. The number of hydrogen-bond acceptors (Lipinski definition) is 4. The van der Waals surface area contributed by atoms with E-state index in [0.29, 0.717) is 22.3 Å². The van der Waals surface area contributed by atoms with E-state index in [4.69, 9.17) is 11.6 Å². The number of sulfonamides is 1. The Kier molecular flexibility index (Phi) is 5.40. The molecular weight excluding hydrogens is 328 g/mol. The average Bonchev–Trinajstić information content (AvgIpc) is 2.85. The number of hydrogen-bond donors (Lipinski definition) is 1. The van der Waals surface area contributed by atoms with E-state index in [2.05, 4.69) is 5.32 Å². The number of nitrogens with one attached hydrogen (secondary N) is 1. The van der Waals surface area contributed by atoms with E-state index in [1.807, 2.05) is 19.2 Å². The number of rotatable bonds is 6. The molecule has 1 aromatic heterocycles. The fourth-order valence-electron chi connectivity index (χ4n) is 1.94. The Hall–Kier alpha value is -0.920. The van der Waals surface area contributed by atoms with Crippen molar-refractivity contribution in [1.82, 2.24) is 9.62 Å². The Labute approximate surface area is 134 Å². The van der Waals surface area contributed by atoms with Crippen molar-refractivity contribution in [3.8, 4) is 0 Å². The largest absolute Gasteiger partial charge is 0.316 e. The lowest BCUT2D eigenvalue weighted by Crippen LogP contribution is -2.26. The lowest BCUT2D eigenvalue weighted by Gasteiger charge is -2.17. The first-order valence-electron chi connectivity index (χ1n) is 6.37. The molecule has 0 aliphatic carbocycles. The minimum Gasteiger partial charge on any atom is -0.316 e. The summed E-state index contributed by atoms with van der Waals surface area (Å²) >= 11 is 7.26. The summed E-state index contributed by atoms with van der Waals surface area (Å²) in [5, 5.41) is 3.01. The van der Waals surface area contributed by atoms with Gasteiger partial charge in [-0.05, 0) is 36.9 Å². The van der Waals surface area contributed by atoms with Crippen LogP contribution in [0.1, 0.15) is 10.4 Å². The van der Waals surface area contributed by atoms with Crippen LogP contribution in [0, 0.1) is 0 Å². The third-order valence-electron chi connectivity index (χ3n) is 2.99. The van der Waals surface area contributed by atoms with Gasteiger partial charge < -0.3 is 5.32 Å². The van der Waals surface area contributed by atoms with Crippen LogP contribution in [0.25, 0.3) is 0 Å². The zero-order valence-corrected chi connectivity index (χ0v) is 14.2. The van der Waals surface area contributed by atoms with Crippen molar-refractivity contribution in [3.05, 3.63) is 51.2 Å². The summed E-state index contributed by atoms with van der Waals surface area (Å²) < 4.78 is 27.2. The highest BCUT2D eigenvalue weighted by molar-refractivity contribution is 7.89. The molecule has 21 heavy (non-hydrogen) atoms. The van der Waals surface area contributed by atoms with Crippen molar-refractivity contribution in [2.75, 3.05) is 14.1 Å². The minimum atomic E-state index is -3.50. The topological polar surface area (TPSA) is 49.4 Å². The summed E-state index contributed by atoms with van der Waals surface area (Å²) in [6, 6.07) is 10.6. The van der Waals surface area contributed by atoms with Crippen LogP contribution in [0.5, 0.6) is 0 Å². The fourth-order valence-corrected chi connectivity index (χ4v) is 4.38. The number of halogens is 1. The van der Waals surface area contributed by atoms with Gasteiger partial charge in [0.25, 0.3) is 0 Å². The molecule has 2 rings (SSSR count). The van der Waals surface area contributed by atoms with E-state index in [-0.39, 0.29) is 0 Å². The van der Waals surface area contributed by atoms with Gasteiger partial charge >= 0.3 is 0 Å². The van der Waals surface area contributed by atoms with Crippen LogP contribution >= 0.6 is 22.9 Å². The van der Waals surface area contributed by atoms with E-state index >= 15 is 0 Å². The molecule has 114 valence electrons. The molecule has 2 aromatic rings. The highest BCUT2D eigenvalue weighted by Gasteiger charge is 2.21. The second kappa shape index (κ2) is 6.89. The predicted molar refractivity (Wildman–Crippen MR) is 87.2 cm³/mol.